The van der Waals surface area contributed by atoms with Crippen LogP contribution in [0.3, 0.4) is 0 Å². The minimum absolute atomic E-state index is 0.0898. The molecule has 2 heterocycles. The van der Waals surface area contributed by atoms with Gasteiger partial charge in [0, 0.05) is 12.6 Å². The molecule has 3 unspecified atom stereocenters. The molecule has 0 amide bonds. The standard InChI is InChI=1S/C14H19NO3/c1-9-10(2)18-14(8-15-9)11-3-4-12-13(7-11)17-6-5-16-12/h3-4,7,9-10,14-15H,5-6,8H2,1-2H3. The van der Waals surface area contributed by atoms with E-state index in [2.05, 4.69) is 25.2 Å². The molecule has 4 heteroatoms. The summed E-state index contributed by atoms with van der Waals surface area (Å²) in [4.78, 5) is 0. The highest BCUT2D eigenvalue weighted by Crippen LogP contribution is 2.34. The fourth-order valence-electron chi connectivity index (χ4n) is 2.34. The Morgan fingerprint density at radius 3 is 2.67 bits per heavy atom. The van der Waals surface area contributed by atoms with Gasteiger partial charge in [-0.05, 0) is 31.5 Å². The summed E-state index contributed by atoms with van der Waals surface area (Å²) in [5.41, 5.74) is 1.14. The van der Waals surface area contributed by atoms with Gasteiger partial charge >= 0.3 is 0 Å². The zero-order chi connectivity index (χ0) is 12.5. The molecule has 0 spiro atoms. The highest BCUT2D eigenvalue weighted by atomic mass is 16.6. The highest BCUT2D eigenvalue weighted by molar-refractivity contribution is 5.44. The van der Waals surface area contributed by atoms with Gasteiger partial charge in [-0.15, -0.1) is 0 Å². The molecule has 1 aromatic carbocycles. The van der Waals surface area contributed by atoms with Crippen LogP contribution in [0.25, 0.3) is 0 Å². The predicted molar refractivity (Wildman–Crippen MR) is 68.2 cm³/mol. The molecule has 3 rings (SSSR count). The fourth-order valence-corrected chi connectivity index (χ4v) is 2.34. The van der Waals surface area contributed by atoms with E-state index in [9.17, 15) is 0 Å². The maximum atomic E-state index is 6.02. The summed E-state index contributed by atoms with van der Waals surface area (Å²) in [6.45, 7) is 6.33. The lowest BCUT2D eigenvalue weighted by atomic mass is 10.0. The van der Waals surface area contributed by atoms with Gasteiger partial charge in [-0.3, -0.25) is 0 Å². The second kappa shape index (κ2) is 4.78. The third-order valence-corrected chi connectivity index (χ3v) is 3.65. The van der Waals surface area contributed by atoms with Crippen LogP contribution >= 0.6 is 0 Å². The van der Waals surface area contributed by atoms with Gasteiger partial charge in [0.2, 0.25) is 0 Å². The van der Waals surface area contributed by atoms with Gasteiger partial charge in [0.1, 0.15) is 13.2 Å². The molecule has 0 saturated carbocycles. The third-order valence-electron chi connectivity index (χ3n) is 3.65. The van der Waals surface area contributed by atoms with Crippen molar-refractivity contribution in [3.8, 4) is 11.5 Å². The number of benzene rings is 1. The van der Waals surface area contributed by atoms with Crippen molar-refractivity contribution in [3.05, 3.63) is 23.8 Å². The van der Waals surface area contributed by atoms with E-state index in [-0.39, 0.29) is 12.2 Å². The summed E-state index contributed by atoms with van der Waals surface area (Å²) in [7, 11) is 0. The molecular weight excluding hydrogens is 230 g/mol. The van der Waals surface area contributed by atoms with Crippen LogP contribution in [-0.2, 0) is 4.74 Å². The van der Waals surface area contributed by atoms with Crippen molar-refractivity contribution in [1.82, 2.24) is 5.32 Å². The number of hydrogen-bond donors (Lipinski definition) is 1. The van der Waals surface area contributed by atoms with Gasteiger partial charge in [-0.1, -0.05) is 6.07 Å². The Labute approximate surface area is 107 Å². The van der Waals surface area contributed by atoms with Crippen LogP contribution in [0.15, 0.2) is 18.2 Å². The number of nitrogens with one attached hydrogen (secondary N) is 1. The number of ether oxygens (including phenoxy) is 3. The Morgan fingerprint density at radius 1 is 1.11 bits per heavy atom. The van der Waals surface area contributed by atoms with Crippen molar-refractivity contribution in [1.29, 1.82) is 0 Å². The minimum atomic E-state index is 0.0898. The first kappa shape index (κ1) is 11.8. The van der Waals surface area contributed by atoms with E-state index in [0.29, 0.717) is 19.3 Å². The van der Waals surface area contributed by atoms with Gasteiger partial charge in [0.15, 0.2) is 11.5 Å². The van der Waals surface area contributed by atoms with Crippen LogP contribution < -0.4 is 14.8 Å². The SMILES string of the molecule is CC1NCC(c2ccc3c(c2)OCCO3)OC1C. The van der Waals surface area contributed by atoms with Gasteiger partial charge in [0.25, 0.3) is 0 Å². The Bertz CT molecular complexity index is 435. The number of morpholine rings is 1. The van der Waals surface area contributed by atoms with Gasteiger partial charge in [-0.25, -0.2) is 0 Å². The molecule has 1 saturated heterocycles. The quantitative estimate of drug-likeness (QED) is 0.825. The zero-order valence-corrected chi connectivity index (χ0v) is 10.8. The van der Waals surface area contributed by atoms with E-state index in [1.54, 1.807) is 0 Å². The first-order chi connectivity index (χ1) is 8.74. The van der Waals surface area contributed by atoms with Crippen LogP contribution in [0.1, 0.15) is 25.5 Å². The first-order valence-electron chi connectivity index (χ1n) is 6.52. The molecular formula is C14H19NO3. The Morgan fingerprint density at radius 2 is 1.89 bits per heavy atom. The molecule has 2 aliphatic rings. The van der Waals surface area contributed by atoms with Crippen molar-refractivity contribution in [2.24, 2.45) is 0 Å². The van der Waals surface area contributed by atoms with Crippen molar-refractivity contribution >= 4 is 0 Å². The van der Waals surface area contributed by atoms with E-state index in [1.807, 2.05) is 12.1 Å². The third kappa shape index (κ3) is 2.18. The fraction of sp³-hybridized carbons (Fsp3) is 0.571. The van der Waals surface area contributed by atoms with Crippen molar-refractivity contribution < 1.29 is 14.2 Å². The van der Waals surface area contributed by atoms with E-state index >= 15 is 0 Å². The topological polar surface area (TPSA) is 39.7 Å². The highest BCUT2D eigenvalue weighted by Gasteiger charge is 2.26. The van der Waals surface area contributed by atoms with Crippen molar-refractivity contribution in [3.63, 3.8) is 0 Å². The average molecular weight is 249 g/mol. The summed E-state index contributed by atoms with van der Waals surface area (Å²) in [5, 5.41) is 3.46. The van der Waals surface area contributed by atoms with Crippen LogP contribution in [-0.4, -0.2) is 31.9 Å². The minimum Gasteiger partial charge on any atom is -0.486 e. The van der Waals surface area contributed by atoms with E-state index in [4.69, 9.17) is 14.2 Å². The molecule has 0 radical (unpaired) electrons. The van der Waals surface area contributed by atoms with Gasteiger partial charge < -0.3 is 19.5 Å². The molecule has 0 bridgehead atoms. The first-order valence-corrected chi connectivity index (χ1v) is 6.52. The van der Waals surface area contributed by atoms with Crippen molar-refractivity contribution in [2.45, 2.75) is 32.1 Å². The molecule has 3 atom stereocenters. The summed E-state index contributed by atoms with van der Waals surface area (Å²) < 4.78 is 17.1. The monoisotopic (exact) mass is 249 g/mol. The molecule has 18 heavy (non-hydrogen) atoms. The zero-order valence-electron chi connectivity index (χ0n) is 10.8. The van der Waals surface area contributed by atoms with E-state index in [1.165, 1.54) is 0 Å². The lowest BCUT2D eigenvalue weighted by Gasteiger charge is -2.34. The number of rotatable bonds is 1. The lowest BCUT2D eigenvalue weighted by Crippen LogP contribution is -2.46. The Balaban J connectivity index is 1.80. The van der Waals surface area contributed by atoms with E-state index in [0.717, 1.165) is 23.6 Å². The van der Waals surface area contributed by atoms with Crippen LogP contribution in [0, 0.1) is 0 Å². The number of fused-ring (bicyclic) bond motifs is 1. The molecule has 0 aliphatic carbocycles. The van der Waals surface area contributed by atoms with E-state index < -0.39 is 0 Å². The molecule has 4 nitrogen and oxygen atoms in total. The smallest absolute Gasteiger partial charge is 0.161 e. The second-order valence-corrected chi connectivity index (χ2v) is 4.93. The maximum absolute atomic E-state index is 6.02. The summed E-state index contributed by atoms with van der Waals surface area (Å²) in [6, 6.07) is 6.46. The average Bonchev–Trinajstić information content (AvgIpc) is 2.41. The maximum Gasteiger partial charge on any atom is 0.161 e. The second-order valence-electron chi connectivity index (χ2n) is 4.93. The van der Waals surface area contributed by atoms with Crippen LogP contribution in [0.2, 0.25) is 0 Å². The Hall–Kier alpha value is -1.26. The van der Waals surface area contributed by atoms with Gasteiger partial charge in [-0.2, -0.15) is 0 Å². The normalized spacial score (nSPS) is 31.1. The van der Waals surface area contributed by atoms with Crippen LogP contribution in [0.4, 0.5) is 0 Å². The largest absolute Gasteiger partial charge is 0.486 e. The van der Waals surface area contributed by atoms with Gasteiger partial charge in [0.05, 0.1) is 12.2 Å². The molecule has 1 N–H and O–H groups in total. The Kier molecular flexibility index (Phi) is 3.14. The summed E-state index contributed by atoms with van der Waals surface area (Å²) in [5.74, 6) is 1.66. The molecule has 0 aromatic heterocycles. The molecule has 1 aromatic rings. The predicted octanol–water partition coefficient (Wildman–Crippen LogP) is 1.90. The molecule has 98 valence electrons. The summed E-state index contributed by atoms with van der Waals surface area (Å²) in [6.07, 6.45) is 0.309. The molecule has 1 fully saturated rings. The lowest BCUT2D eigenvalue weighted by molar-refractivity contribution is -0.0510. The van der Waals surface area contributed by atoms with Crippen molar-refractivity contribution in [2.75, 3.05) is 19.8 Å². The number of hydrogen-bond acceptors (Lipinski definition) is 4. The van der Waals surface area contributed by atoms with Crippen LogP contribution in [0.5, 0.6) is 11.5 Å². The molecule has 2 aliphatic heterocycles. The summed E-state index contributed by atoms with van der Waals surface area (Å²) >= 11 is 0.